The normalized spacial score (nSPS) is 14.1. The Labute approximate surface area is 236 Å². The van der Waals surface area contributed by atoms with Crippen LogP contribution in [0, 0.1) is 17.8 Å². The topological polar surface area (TPSA) is 150 Å². The highest BCUT2D eigenvalue weighted by atomic mass is 16.7. The first-order valence-electron chi connectivity index (χ1n) is 13.7. The zero-order valence-electron chi connectivity index (χ0n) is 24.9. The van der Waals surface area contributed by atoms with Crippen LogP contribution >= 0.6 is 0 Å². The minimum absolute atomic E-state index is 0.0171. The minimum Gasteiger partial charge on any atom is -0.459 e. The molecule has 11 heteroatoms. The maximum atomic E-state index is 12.6. The molecule has 0 saturated heterocycles. The van der Waals surface area contributed by atoms with E-state index in [4.69, 9.17) is 34.2 Å². The molecule has 2 N–H and O–H groups in total. The number of carbonyl (C=O) groups is 4. The largest absolute Gasteiger partial charge is 0.513 e. The Bertz CT molecular complexity index is 978. The molecule has 0 bridgehead atoms. The molecular formula is C29H45NO10. The van der Waals surface area contributed by atoms with Crippen LogP contribution in [0.4, 0.5) is 9.59 Å². The molecule has 11 nitrogen and oxygen atoms in total. The molecule has 1 unspecified atom stereocenters. The summed E-state index contributed by atoms with van der Waals surface area (Å²) in [5.74, 6) is -0.865. The average molecular weight is 568 g/mol. The quantitative estimate of drug-likeness (QED) is 0.169. The molecule has 0 aliphatic carbocycles. The van der Waals surface area contributed by atoms with Gasteiger partial charge in [0.25, 0.3) is 0 Å². The lowest BCUT2D eigenvalue weighted by Gasteiger charge is -2.23. The van der Waals surface area contributed by atoms with Crippen molar-refractivity contribution in [3.63, 3.8) is 0 Å². The summed E-state index contributed by atoms with van der Waals surface area (Å²) in [5, 5.41) is 0. The second-order valence-corrected chi connectivity index (χ2v) is 10.8. The summed E-state index contributed by atoms with van der Waals surface area (Å²) >= 11 is 0. The van der Waals surface area contributed by atoms with Crippen molar-refractivity contribution >= 4 is 24.2 Å². The van der Waals surface area contributed by atoms with Crippen LogP contribution in [0.25, 0.3) is 0 Å². The second-order valence-electron chi connectivity index (χ2n) is 10.8. The van der Waals surface area contributed by atoms with Crippen molar-refractivity contribution in [2.45, 2.75) is 92.9 Å². The van der Waals surface area contributed by atoms with Crippen LogP contribution in [0.15, 0.2) is 18.2 Å². The van der Waals surface area contributed by atoms with Gasteiger partial charge in [-0.1, -0.05) is 54.0 Å². The van der Waals surface area contributed by atoms with E-state index in [0.29, 0.717) is 5.56 Å². The molecule has 1 aromatic carbocycles. The molecule has 226 valence electrons. The predicted octanol–water partition coefficient (Wildman–Crippen LogP) is 5.20. The Morgan fingerprint density at radius 2 is 1.30 bits per heavy atom. The highest BCUT2D eigenvalue weighted by Crippen LogP contribution is 2.30. The maximum absolute atomic E-state index is 12.6. The Morgan fingerprint density at radius 3 is 1.82 bits per heavy atom. The Morgan fingerprint density at radius 1 is 0.775 bits per heavy atom. The van der Waals surface area contributed by atoms with Crippen molar-refractivity contribution in [2.24, 2.45) is 23.5 Å². The smallest absolute Gasteiger partial charge is 0.459 e. The van der Waals surface area contributed by atoms with Gasteiger partial charge in [0.1, 0.15) is 18.2 Å². The van der Waals surface area contributed by atoms with Crippen LogP contribution in [0.1, 0.15) is 73.8 Å². The molecule has 0 aliphatic heterocycles. The molecule has 1 aromatic rings. The van der Waals surface area contributed by atoms with E-state index in [-0.39, 0.29) is 61.3 Å². The van der Waals surface area contributed by atoms with Gasteiger partial charge in [0, 0.05) is 6.42 Å². The third-order valence-corrected chi connectivity index (χ3v) is 5.71. The standard InChI is InChI=1S/C29H45NO10/c1-9-19(6)12-26(31)37-20(7)21(8)38-27(32)23(30)13-22-10-11-24(39-28(33)35-15-17(2)3)25(14-22)40-29(34)36-16-18(4)5/h10-11,14,17-21,23H,9,12-13,15-16,30H2,1-8H3/t19?,20-,21-,23-/m0/s1. The fourth-order valence-corrected chi connectivity index (χ4v) is 3.04. The van der Waals surface area contributed by atoms with Crippen molar-refractivity contribution in [3.05, 3.63) is 23.8 Å². The van der Waals surface area contributed by atoms with E-state index in [9.17, 15) is 19.2 Å². The third-order valence-electron chi connectivity index (χ3n) is 5.71. The first-order chi connectivity index (χ1) is 18.7. The summed E-state index contributed by atoms with van der Waals surface area (Å²) in [5.41, 5.74) is 6.58. The maximum Gasteiger partial charge on any atom is 0.513 e. The number of nitrogens with two attached hydrogens (primary N) is 1. The van der Waals surface area contributed by atoms with Crippen molar-refractivity contribution in [1.29, 1.82) is 0 Å². The first-order valence-corrected chi connectivity index (χ1v) is 13.7. The molecule has 1 rings (SSSR count). The summed E-state index contributed by atoms with van der Waals surface area (Å²) in [6, 6.07) is 3.30. The lowest BCUT2D eigenvalue weighted by molar-refractivity contribution is -0.166. The van der Waals surface area contributed by atoms with E-state index in [1.54, 1.807) is 19.9 Å². The van der Waals surface area contributed by atoms with Gasteiger partial charge in [-0.2, -0.15) is 0 Å². The SMILES string of the molecule is CCC(C)CC(=O)O[C@@H](C)[C@H](C)OC(=O)[C@@H](N)Cc1ccc(OC(=O)OCC(C)C)c(OC(=O)OCC(C)C)c1. The van der Waals surface area contributed by atoms with Gasteiger partial charge in [-0.3, -0.25) is 9.59 Å². The van der Waals surface area contributed by atoms with Crippen LogP contribution in [-0.2, 0) is 35.0 Å². The molecule has 40 heavy (non-hydrogen) atoms. The molecule has 0 heterocycles. The van der Waals surface area contributed by atoms with Gasteiger partial charge >= 0.3 is 24.2 Å². The zero-order valence-corrected chi connectivity index (χ0v) is 24.9. The number of esters is 2. The lowest BCUT2D eigenvalue weighted by Crippen LogP contribution is -2.39. The van der Waals surface area contributed by atoms with Gasteiger partial charge in [-0.25, -0.2) is 9.59 Å². The number of hydrogen-bond donors (Lipinski definition) is 1. The van der Waals surface area contributed by atoms with Crippen molar-refractivity contribution in [3.8, 4) is 11.5 Å². The van der Waals surface area contributed by atoms with Crippen molar-refractivity contribution < 1.29 is 47.6 Å². The fraction of sp³-hybridized carbons (Fsp3) is 0.655. The van der Waals surface area contributed by atoms with E-state index in [1.807, 2.05) is 41.5 Å². The van der Waals surface area contributed by atoms with E-state index in [2.05, 4.69) is 0 Å². The number of ether oxygens (including phenoxy) is 6. The molecule has 0 radical (unpaired) electrons. The highest BCUT2D eigenvalue weighted by Gasteiger charge is 2.25. The third kappa shape index (κ3) is 13.6. The van der Waals surface area contributed by atoms with E-state index < -0.39 is 36.5 Å². The minimum atomic E-state index is -1.08. The van der Waals surface area contributed by atoms with Gasteiger partial charge in [0.2, 0.25) is 0 Å². The fourth-order valence-electron chi connectivity index (χ4n) is 3.04. The first kappa shape index (κ1) is 34.7. The van der Waals surface area contributed by atoms with Gasteiger partial charge < -0.3 is 34.2 Å². The van der Waals surface area contributed by atoms with Crippen LogP contribution in [0.2, 0.25) is 0 Å². The molecule has 0 saturated carbocycles. The van der Waals surface area contributed by atoms with Gasteiger partial charge in [-0.05, 0) is 55.7 Å². The molecular weight excluding hydrogens is 522 g/mol. The van der Waals surface area contributed by atoms with E-state index >= 15 is 0 Å². The number of rotatable bonds is 15. The van der Waals surface area contributed by atoms with Crippen LogP contribution in [0.3, 0.4) is 0 Å². The Hall–Kier alpha value is -3.34. The molecule has 0 aliphatic rings. The lowest BCUT2D eigenvalue weighted by atomic mass is 10.1. The van der Waals surface area contributed by atoms with Gasteiger partial charge in [0.15, 0.2) is 11.5 Å². The molecule has 0 fully saturated rings. The molecule has 0 aromatic heterocycles. The van der Waals surface area contributed by atoms with Gasteiger partial charge in [-0.15, -0.1) is 0 Å². The summed E-state index contributed by atoms with van der Waals surface area (Å²) < 4.78 is 31.4. The molecule has 0 spiro atoms. The van der Waals surface area contributed by atoms with E-state index in [0.717, 1.165) is 6.42 Å². The monoisotopic (exact) mass is 567 g/mol. The zero-order chi connectivity index (χ0) is 30.4. The van der Waals surface area contributed by atoms with Crippen LogP contribution < -0.4 is 15.2 Å². The van der Waals surface area contributed by atoms with Crippen molar-refractivity contribution in [1.82, 2.24) is 0 Å². The number of hydrogen-bond acceptors (Lipinski definition) is 11. The summed E-state index contributed by atoms with van der Waals surface area (Å²) in [4.78, 5) is 49.0. The second kappa shape index (κ2) is 17.4. The van der Waals surface area contributed by atoms with Gasteiger partial charge in [0.05, 0.1) is 13.2 Å². The molecule has 0 amide bonds. The Kier molecular flexibility index (Phi) is 15.1. The summed E-state index contributed by atoms with van der Waals surface area (Å²) in [6.45, 7) is 15.0. The van der Waals surface area contributed by atoms with E-state index in [1.165, 1.54) is 12.1 Å². The van der Waals surface area contributed by atoms with Crippen molar-refractivity contribution in [2.75, 3.05) is 13.2 Å². The number of carbonyl (C=O) groups excluding carboxylic acids is 4. The van der Waals surface area contributed by atoms with Crippen LogP contribution in [0.5, 0.6) is 11.5 Å². The summed E-state index contributed by atoms with van der Waals surface area (Å²) in [6.07, 6.45) is -2.17. The average Bonchev–Trinajstić information content (AvgIpc) is 2.87. The Balaban J connectivity index is 2.90. The number of benzene rings is 1. The predicted molar refractivity (Wildman–Crippen MR) is 147 cm³/mol. The summed E-state index contributed by atoms with van der Waals surface area (Å²) in [7, 11) is 0. The highest BCUT2D eigenvalue weighted by molar-refractivity contribution is 5.76. The molecule has 4 atom stereocenters. The van der Waals surface area contributed by atoms with Crippen LogP contribution in [-0.4, -0.2) is 55.7 Å².